The summed E-state index contributed by atoms with van der Waals surface area (Å²) in [5.41, 5.74) is 1.10. The number of nitrogens with zero attached hydrogens (tertiary/aromatic N) is 3. The first-order chi connectivity index (χ1) is 20.0. The molecular formula is C28H20ClI2N3O7S. The van der Waals surface area contributed by atoms with Crippen LogP contribution in [0.15, 0.2) is 67.9 Å². The monoisotopic (exact) mass is 831 g/mol. The molecule has 0 bridgehead atoms. The fourth-order valence-electron chi connectivity index (χ4n) is 4.53. The quantitative estimate of drug-likeness (QED) is 0.0993. The summed E-state index contributed by atoms with van der Waals surface area (Å²) in [6.07, 6.45) is 1.77. The van der Waals surface area contributed by atoms with Gasteiger partial charge in [-0.1, -0.05) is 22.9 Å². The number of halogens is 3. The number of thiazole rings is 1. The number of carbonyl (C=O) groups excluding carboxylic acids is 1. The zero-order valence-electron chi connectivity index (χ0n) is 22.1. The summed E-state index contributed by atoms with van der Waals surface area (Å²) >= 11 is 11.9. The van der Waals surface area contributed by atoms with Gasteiger partial charge in [-0.15, -0.1) is 0 Å². The molecule has 1 aliphatic rings. The molecule has 2 aromatic heterocycles. The first kappa shape index (κ1) is 30.4. The first-order valence-electron chi connectivity index (χ1n) is 12.3. The van der Waals surface area contributed by atoms with Gasteiger partial charge in [0, 0.05) is 17.7 Å². The lowest BCUT2D eigenvalue weighted by Crippen LogP contribution is -2.39. The maximum atomic E-state index is 13.9. The number of ether oxygens (including phenoxy) is 2. The Morgan fingerprint density at radius 1 is 1.24 bits per heavy atom. The Morgan fingerprint density at radius 3 is 2.60 bits per heavy atom. The van der Waals surface area contributed by atoms with E-state index < -0.39 is 16.9 Å². The molecule has 14 heteroatoms. The van der Waals surface area contributed by atoms with E-state index >= 15 is 0 Å². The predicted molar refractivity (Wildman–Crippen MR) is 175 cm³/mol. The summed E-state index contributed by atoms with van der Waals surface area (Å²) in [5, 5.41) is 11.6. The molecule has 2 aromatic carbocycles. The number of nitro benzene ring substituents is 1. The number of rotatable bonds is 7. The number of non-ortho nitro benzene ring substituents is 1. The lowest BCUT2D eigenvalue weighted by molar-refractivity contribution is -0.384. The summed E-state index contributed by atoms with van der Waals surface area (Å²) in [6.45, 7) is 3.48. The number of methoxy groups -OCH3 is 1. The van der Waals surface area contributed by atoms with E-state index in [-0.39, 0.29) is 40.0 Å². The fourth-order valence-corrected chi connectivity index (χ4v) is 8.04. The Kier molecular flexibility index (Phi) is 8.91. The molecule has 0 spiro atoms. The number of fused-ring (bicyclic) bond motifs is 1. The number of carbonyl (C=O) groups is 1. The van der Waals surface area contributed by atoms with Crippen molar-refractivity contribution >= 4 is 85.9 Å². The van der Waals surface area contributed by atoms with E-state index in [9.17, 15) is 19.7 Å². The number of esters is 1. The average Bonchev–Trinajstić information content (AvgIpc) is 3.53. The molecule has 0 saturated heterocycles. The highest BCUT2D eigenvalue weighted by molar-refractivity contribution is 14.1. The molecule has 3 heterocycles. The van der Waals surface area contributed by atoms with Crippen molar-refractivity contribution in [3.8, 4) is 17.1 Å². The zero-order chi connectivity index (χ0) is 30.3. The van der Waals surface area contributed by atoms with Gasteiger partial charge in [0.2, 0.25) is 0 Å². The molecule has 10 nitrogen and oxygen atoms in total. The minimum absolute atomic E-state index is 0.119. The molecule has 0 radical (unpaired) electrons. The van der Waals surface area contributed by atoms with Crippen LogP contribution in [0.2, 0.25) is 5.02 Å². The predicted octanol–water partition coefficient (Wildman–Crippen LogP) is 5.84. The van der Waals surface area contributed by atoms with Crippen LogP contribution in [0, 0.1) is 17.3 Å². The third-order valence-electron chi connectivity index (χ3n) is 6.36. The highest BCUT2D eigenvalue weighted by Crippen LogP contribution is 2.37. The molecule has 1 atom stereocenters. The van der Waals surface area contributed by atoms with E-state index in [0.717, 1.165) is 18.5 Å². The van der Waals surface area contributed by atoms with Crippen LogP contribution in [0.25, 0.3) is 17.4 Å². The third kappa shape index (κ3) is 5.66. The molecule has 4 aromatic rings. The van der Waals surface area contributed by atoms with Gasteiger partial charge in [-0.2, -0.15) is 0 Å². The number of aromatic nitrogens is 1. The summed E-state index contributed by atoms with van der Waals surface area (Å²) in [6, 6.07) is 10.0. The van der Waals surface area contributed by atoms with Crippen molar-refractivity contribution in [1.82, 2.24) is 4.57 Å². The molecule has 0 N–H and O–H groups in total. The zero-order valence-corrected chi connectivity index (χ0v) is 28.0. The second-order valence-corrected chi connectivity index (χ2v) is 12.7. The normalized spacial score (nSPS) is 14.9. The van der Waals surface area contributed by atoms with Gasteiger partial charge in [0.1, 0.15) is 23.3 Å². The van der Waals surface area contributed by atoms with Gasteiger partial charge in [-0.3, -0.25) is 19.5 Å². The van der Waals surface area contributed by atoms with Crippen molar-refractivity contribution in [3.05, 3.63) is 107 Å². The van der Waals surface area contributed by atoms with Gasteiger partial charge in [-0.25, -0.2) is 9.79 Å². The van der Waals surface area contributed by atoms with Crippen molar-refractivity contribution in [2.45, 2.75) is 19.9 Å². The van der Waals surface area contributed by atoms with Crippen LogP contribution in [0.3, 0.4) is 0 Å². The molecule has 42 heavy (non-hydrogen) atoms. The molecule has 0 fully saturated rings. The number of allylic oxidation sites excluding steroid dienone is 1. The van der Waals surface area contributed by atoms with Crippen molar-refractivity contribution in [1.29, 1.82) is 0 Å². The SMILES string of the molecule is CCOC(=O)C1=C(C)N=c2s/c(=C\c3cc(I)c(OC)c(I)c3)c(=O)n2[C@@H]1c1ccc(-c2cc([N+](=O)[O-])ccc2Cl)o1. The van der Waals surface area contributed by atoms with Gasteiger partial charge in [0.15, 0.2) is 4.80 Å². The molecule has 0 saturated carbocycles. The number of furan rings is 1. The summed E-state index contributed by atoms with van der Waals surface area (Å²) in [7, 11) is 1.61. The van der Waals surface area contributed by atoms with Gasteiger partial charge < -0.3 is 13.9 Å². The Morgan fingerprint density at radius 2 is 1.95 bits per heavy atom. The van der Waals surface area contributed by atoms with Crippen molar-refractivity contribution < 1.29 is 23.6 Å². The van der Waals surface area contributed by atoms with E-state index in [1.807, 2.05) is 12.1 Å². The van der Waals surface area contributed by atoms with Crippen LogP contribution < -0.4 is 19.6 Å². The second-order valence-electron chi connectivity index (χ2n) is 8.94. The first-order valence-corrected chi connectivity index (χ1v) is 15.7. The lowest BCUT2D eigenvalue weighted by atomic mass is 10.0. The largest absolute Gasteiger partial charge is 0.495 e. The van der Waals surface area contributed by atoms with E-state index in [1.165, 1.54) is 34.1 Å². The van der Waals surface area contributed by atoms with Gasteiger partial charge >= 0.3 is 5.97 Å². The molecule has 0 unspecified atom stereocenters. The van der Waals surface area contributed by atoms with Crippen LogP contribution in [-0.2, 0) is 9.53 Å². The van der Waals surface area contributed by atoms with Gasteiger partial charge in [-0.05, 0) is 101 Å². The number of hydrogen-bond acceptors (Lipinski definition) is 9. The summed E-state index contributed by atoms with van der Waals surface area (Å²) < 4.78 is 20.5. The highest BCUT2D eigenvalue weighted by Gasteiger charge is 2.35. The topological polar surface area (TPSA) is 126 Å². The Bertz CT molecular complexity index is 1960. The standard InChI is InChI=1S/C28H20ClI2N3O7S/c1-4-40-27(36)23-13(2)32-28-33(26(35)22(42-28)11-14-9-18(30)25(39-3)19(31)10-14)24(23)21-8-7-20(41-21)16-12-15(34(37)38)5-6-17(16)29/h5-12,24H,4H2,1-3H3/b22-11-/t24-/m1/s1. The minimum Gasteiger partial charge on any atom is -0.495 e. The maximum absolute atomic E-state index is 13.9. The molecule has 216 valence electrons. The molecular weight excluding hydrogens is 812 g/mol. The molecule has 0 amide bonds. The minimum atomic E-state index is -0.996. The van der Waals surface area contributed by atoms with Crippen LogP contribution in [0.4, 0.5) is 5.69 Å². The second kappa shape index (κ2) is 12.3. The Labute approximate surface area is 274 Å². The Hall–Kier alpha value is -3.02. The number of benzene rings is 2. The lowest BCUT2D eigenvalue weighted by Gasteiger charge is -2.22. The average molecular weight is 832 g/mol. The van der Waals surface area contributed by atoms with Crippen LogP contribution in [0.1, 0.15) is 31.2 Å². The third-order valence-corrected chi connectivity index (χ3v) is 9.28. The summed E-state index contributed by atoms with van der Waals surface area (Å²) in [4.78, 5) is 42.9. The van der Waals surface area contributed by atoms with Crippen molar-refractivity contribution in [3.63, 3.8) is 0 Å². The van der Waals surface area contributed by atoms with Crippen molar-refractivity contribution in [2.24, 2.45) is 4.99 Å². The number of hydrogen-bond donors (Lipinski definition) is 0. The van der Waals surface area contributed by atoms with E-state index in [0.29, 0.717) is 20.6 Å². The van der Waals surface area contributed by atoms with Gasteiger partial charge in [0.05, 0.1) is 46.6 Å². The van der Waals surface area contributed by atoms with Gasteiger partial charge in [0.25, 0.3) is 11.2 Å². The smallest absolute Gasteiger partial charge is 0.338 e. The maximum Gasteiger partial charge on any atom is 0.338 e. The van der Waals surface area contributed by atoms with Crippen LogP contribution >= 0.6 is 68.1 Å². The molecule has 5 rings (SSSR count). The van der Waals surface area contributed by atoms with E-state index in [4.69, 9.17) is 25.5 Å². The van der Waals surface area contributed by atoms with Crippen molar-refractivity contribution in [2.75, 3.05) is 13.7 Å². The highest BCUT2D eigenvalue weighted by atomic mass is 127. The van der Waals surface area contributed by atoms with Crippen LogP contribution in [0.5, 0.6) is 5.75 Å². The number of nitro groups is 1. The van der Waals surface area contributed by atoms with E-state index in [2.05, 4.69) is 50.2 Å². The fraction of sp³-hybridized carbons (Fsp3) is 0.179. The summed E-state index contributed by atoms with van der Waals surface area (Å²) in [5.74, 6) is 0.595. The molecule has 1 aliphatic heterocycles. The van der Waals surface area contributed by atoms with E-state index in [1.54, 1.807) is 39.2 Å². The van der Waals surface area contributed by atoms with Crippen LogP contribution in [-0.4, -0.2) is 29.2 Å². The Balaban J connectivity index is 1.69. The molecule has 0 aliphatic carbocycles.